The molecule has 0 radical (unpaired) electrons. The molecule has 1 heterocycles. The van der Waals surface area contributed by atoms with E-state index in [2.05, 4.69) is 0 Å². The first-order valence-electron chi connectivity index (χ1n) is 8.45. The van der Waals surface area contributed by atoms with Crippen molar-refractivity contribution in [3.63, 3.8) is 0 Å². The molecule has 132 valence electrons. The molecular weight excluding hydrogens is 342 g/mol. The van der Waals surface area contributed by atoms with Gasteiger partial charge < -0.3 is 4.74 Å². The minimum Gasteiger partial charge on any atom is -0.464 e. The second kappa shape index (κ2) is 7.40. The summed E-state index contributed by atoms with van der Waals surface area (Å²) < 4.78 is 5.14. The highest BCUT2D eigenvalue weighted by atomic mass is 35.5. The maximum absolute atomic E-state index is 12.8. The summed E-state index contributed by atoms with van der Waals surface area (Å²) in [7, 11) is 0. The number of ether oxygens (including phenoxy) is 1. The minimum absolute atomic E-state index is 0.195. The number of rotatable bonds is 5. The van der Waals surface area contributed by atoms with Crippen LogP contribution in [0, 0.1) is 11.8 Å². The Labute approximate surface area is 151 Å². The van der Waals surface area contributed by atoms with Crippen LogP contribution in [-0.2, 0) is 25.5 Å². The van der Waals surface area contributed by atoms with Gasteiger partial charge >= 0.3 is 5.97 Å². The molecule has 3 rings (SSSR count). The van der Waals surface area contributed by atoms with Gasteiger partial charge in [0.2, 0.25) is 11.8 Å². The van der Waals surface area contributed by atoms with Crippen LogP contribution < -0.4 is 0 Å². The van der Waals surface area contributed by atoms with Crippen LogP contribution in [-0.4, -0.2) is 35.3 Å². The van der Waals surface area contributed by atoms with Crippen LogP contribution in [0.5, 0.6) is 0 Å². The lowest BCUT2D eigenvalue weighted by Crippen LogP contribution is -2.47. The molecule has 2 amide bonds. The van der Waals surface area contributed by atoms with Crippen molar-refractivity contribution in [2.75, 3.05) is 6.61 Å². The molecule has 0 unspecified atom stereocenters. The molecule has 1 aliphatic carbocycles. The Morgan fingerprint density at radius 1 is 1.24 bits per heavy atom. The van der Waals surface area contributed by atoms with Crippen molar-refractivity contribution < 1.29 is 19.1 Å². The first-order valence-corrected chi connectivity index (χ1v) is 8.82. The first-order chi connectivity index (χ1) is 12.0. The van der Waals surface area contributed by atoms with Crippen LogP contribution in [0.4, 0.5) is 0 Å². The van der Waals surface area contributed by atoms with E-state index >= 15 is 0 Å². The monoisotopic (exact) mass is 361 g/mol. The fraction of sp³-hybridized carbons (Fsp3) is 0.421. The van der Waals surface area contributed by atoms with Crippen molar-refractivity contribution in [3.05, 3.63) is 47.0 Å². The van der Waals surface area contributed by atoms with E-state index in [0.717, 1.165) is 10.5 Å². The normalized spacial score (nSPS) is 23.9. The maximum atomic E-state index is 12.8. The Hall–Kier alpha value is -2.14. The van der Waals surface area contributed by atoms with Crippen LogP contribution in [0.15, 0.2) is 41.4 Å². The van der Waals surface area contributed by atoms with E-state index in [9.17, 15) is 14.4 Å². The second-order valence-electron chi connectivity index (χ2n) is 6.31. The number of amides is 2. The van der Waals surface area contributed by atoms with E-state index in [0.29, 0.717) is 17.9 Å². The summed E-state index contributed by atoms with van der Waals surface area (Å²) in [5.74, 6) is -2.08. The third kappa shape index (κ3) is 3.47. The minimum atomic E-state index is -0.938. The molecule has 0 aromatic heterocycles. The van der Waals surface area contributed by atoms with Crippen molar-refractivity contribution in [1.82, 2.24) is 4.90 Å². The molecule has 1 saturated heterocycles. The van der Waals surface area contributed by atoms with Gasteiger partial charge in [-0.1, -0.05) is 48.0 Å². The van der Waals surface area contributed by atoms with Crippen molar-refractivity contribution >= 4 is 29.4 Å². The molecule has 3 atom stereocenters. The smallest absolute Gasteiger partial charge is 0.329 e. The van der Waals surface area contributed by atoms with E-state index in [1.165, 1.54) is 0 Å². The zero-order valence-corrected chi connectivity index (χ0v) is 14.7. The van der Waals surface area contributed by atoms with Gasteiger partial charge in [0, 0.05) is 11.5 Å². The van der Waals surface area contributed by atoms with Gasteiger partial charge in [-0.05, 0) is 25.3 Å². The van der Waals surface area contributed by atoms with Gasteiger partial charge in [0.25, 0.3) is 0 Å². The second-order valence-corrected chi connectivity index (χ2v) is 6.79. The van der Waals surface area contributed by atoms with E-state index < -0.39 is 23.8 Å². The predicted molar refractivity (Wildman–Crippen MR) is 92.6 cm³/mol. The van der Waals surface area contributed by atoms with E-state index in [-0.39, 0.29) is 24.8 Å². The molecule has 1 aromatic rings. The van der Waals surface area contributed by atoms with Crippen molar-refractivity contribution in [2.45, 2.75) is 32.2 Å². The quantitative estimate of drug-likeness (QED) is 0.597. The number of halogens is 1. The first kappa shape index (κ1) is 17.7. The summed E-state index contributed by atoms with van der Waals surface area (Å²) in [6, 6.07) is 8.37. The van der Waals surface area contributed by atoms with Crippen molar-refractivity contribution in [3.8, 4) is 0 Å². The Bertz CT molecular complexity index is 715. The number of allylic oxidation sites excluding steroid dienone is 2. The number of likely N-dealkylation sites (tertiary alicyclic amines) is 1. The number of esters is 1. The number of carbonyl (C=O) groups excluding carboxylic acids is 3. The Kier molecular flexibility index (Phi) is 5.23. The Balaban J connectivity index is 1.89. The summed E-state index contributed by atoms with van der Waals surface area (Å²) in [6.45, 7) is 1.90. The van der Waals surface area contributed by atoms with Crippen LogP contribution in [0.1, 0.15) is 25.3 Å². The highest BCUT2D eigenvalue weighted by Crippen LogP contribution is 2.40. The lowest BCUT2D eigenvalue weighted by Gasteiger charge is -2.25. The highest BCUT2D eigenvalue weighted by molar-refractivity contribution is 6.30. The van der Waals surface area contributed by atoms with Gasteiger partial charge in [-0.3, -0.25) is 14.5 Å². The molecule has 0 N–H and O–H groups in total. The molecule has 1 aliphatic heterocycles. The van der Waals surface area contributed by atoms with Gasteiger partial charge in [0.05, 0.1) is 18.4 Å². The maximum Gasteiger partial charge on any atom is 0.329 e. The molecule has 0 spiro atoms. The van der Waals surface area contributed by atoms with Gasteiger partial charge in [-0.15, -0.1) is 0 Å². The lowest BCUT2D eigenvalue weighted by molar-refractivity contribution is -0.158. The third-order valence-electron chi connectivity index (χ3n) is 4.75. The molecule has 1 fully saturated rings. The lowest BCUT2D eigenvalue weighted by atomic mass is 9.85. The fourth-order valence-corrected chi connectivity index (χ4v) is 3.77. The van der Waals surface area contributed by atoms with Crippen LogP contribution in [0.25, 0.3) is 0 Å². The number of fused-ring (bicyclic) bond motifs is 1. The Morgan fingerprint density at radius 2 is 1.92 bits per heavy atom. The van der Waals surface area contributed by atoms with Crippen LogP contribution in [0.3, 0.4) is 0 Å². The molecule has 25 heavy (non-hydrogen) atoms. The SMILES string of the molecule is CCOC(=O)[C@H](Cc1ccccc1)N1C(=O)[C@H]2CC=C(Cl)C[C@@H]2C1=O. The average molecular weight is 362 g/mol. The Morgan fingerprint density at radius 3 is 2.60 bits per heavy atom. The zero-order valence-electron chi connectivity index (χ0n) is 14.0. The summed E-state index contributed by atoms with van der Waals surface area (Å²) in [6.07, 6.45) is 2.82. The molecule has 2 aliphatic rings. The van der Waals surface area contributed by atoms with Crippen molar-refractivity contribution in [2.24, 2.45) is 11.8 Å². The number of benzene rings is 1. The number of hydrogen-bond acceptors (Lipinski definition) is 4. The predicted octanol–water partition coefficient (Wildman–Crippen LogP) is 2.68. The fourth-order valence-electron chi connectivity index (χ4n) is 3.52. The molecule has 0 bridgehead atoms. The summed E-state index contributed by atoms with van der Waals surface area (Å²) in [4.78, 5) is 39.3. The van der Waals surface area contributed by atoms with Gasteiger partial charge in [-0.25, -0.2) is 4.79 Å². The van der Waals surface area contributed by atoms with Crippen molar-refractivity contribution in [1.29, 1.82) is 0 Å². The topological polar surface area (TPSA) is 63.7 Å². The van der Waals surface area contributed by atoms with E-state index in [1.54, 1.807) is 13.0 Å². The average Bonchev–Trinajstić information content (AvgIpc) is 2.84. The van der Waals surface area contributed by atoms with Crippen LogP contribution in [0.2, 0.25) is 0 Å². The number of hydrogen-bond donors (Lipinski definition) is 0. The van der Waals surface area contributed by atoms with Gasteiger partial charge in [0.1, 0.15) is 6.04 Å². The molecule has 0 saturated carbocycles. The summed E-state index contributed by atoms with van der Waals surface area (Å²) in [5, 5.41) is 0.597. The standard InChI is InChI=1S/C19H20ClNO4/c1-2-25-19(24)16(10-12-6-4-3-5-7-12)21-17(22)14-9-8-13(20)11-15(14)18(21)23/h3-8,14-16H,2,9-11H2,1H3/t14-,15-,16-/m0/s1. The third-order valence-corrected chi connectivity index (χ3v) is 5.05. The van der Waals surface area contributed by atoms with Crippen LogP contribution >= 0.6 is 11.6 Å². The number of imide groups is 1. The summed E-state index contributed by atoms with van der Waals surface area (Å²) >= 11 is 6.05. The molecule has 6 heteroatoms. The van der Waals surface area contributed by atoms with Gasteiger partial charge in [0.15, 0.2) is 0 Å². The molecule has 1 aromatic carbocycles. The molecular formula is C19H20ClNO4. The van der Waals surface area contributed by atoms with E-state index in [4.69, 9.17) is 16.3 Å². The summed E-state index contributed by atoms with van der Waals surface area (Å²) in [5.41, 5.74) is 0.868. The highest BCUT2D eigenvalue weighted by Gasteiger charge is 2.52. The number of nitrogens with zero attached hydrogens (tertiary/aromatic N) is 1. The zero-order chi connectivity index (χ0) is 18.0. The van der Waals surface area contributed by atoms with E-state index in [1.807, 2.05) is 30.3 Å². The number of carbonyl (C=O) groups is 3. The van der Waals surface area contributed by atoms with Gasteiger partial charge in [-0.2, -0.15) is 0 Å². The largest absolute Gasteiger partial charge is 0.464 e. The molecule has 5 nitrogen and oxygen atoms in total.